The molecule has 0 amide bonds. The lowest BCUT2D eigenvalue weighted by atomic mass is 9.81. The molecule has 10 heteroatoms. The number of nitrogens with zero attached hydrogens (tertiary/aromatic N) is 3. The van der Waals surface area contributed by atoms with Crippen LogP contribution >= 0.6 is 0 Å². The molecule has 2 N–H and O–H groups in total. The van der Waals surface area contributed by atoms with Crippen LogP contribution in [0.4, 0.5) is 0 Å². The Hall–Kier alpha value is -1.52. The number of carbonyl (C=O) groups is 1. The Morgan fingerprint density at radius 3 is 2.83 bits per heavy atom. The summed E-state index contributed by atoms with van der Waals surface area (Å²) in [4.78, 5) is 15.7. The van der Waals surface area contributed by atoms with Crippen LogP contribution in [0.5, 0.6) is 0 Å². The average molecular weight is 346 g/mol. The molecule has 130 valence electrons. The zero-order valence-corrected chi connectivity index (χ0v) is 14.2. The molecule has 0 unspecified atom stereocenters. The Labute approximate surface area is 135 Å². The minimum Gasteiger partial charge on any atom is -0.467 e. The lowest BCUT2D eigenvalue weighted by Crippen LogP contribution is -2.59. The Bertz CT molecular complexity index is 672. The number of hydrogen-bond acceptors (Lipinski definition) is 7. The highest BCUT2D eigenvalue weighted by Gasteiger charge is 2.48. The Morgan fingerprint density at radius 1 is 1.52 bits per heavy atom. The van der Waals surface area contributed by atoms with Gasteiger partial charge in [-0.05, 0) is 33.1 Å². The first-order valence-electron chi connectivity index (χ1n) is 7.45. The van der Waals surface area contributed by atoms with Gasteiger partial charge in [0, 0.05) is 6.04 Å². The van der Waals surface area contributed by atoms with E-state index in [4.69, 9.17) is 0 Å². The van der Waals surface area contributed by atoms with Crippen molar-refractivity contribution in [3.8, 4) is 0 Å². The number of sulfonamides is 1. The minimum absolute atomic E-state index is 0.143. The fourth-order valence-electron chi connectivity index (χ4n) is 2.76. The van der Waals surface area contributed by atoms with E-state index in [1.165, 1.54) is 4.68 Å². The number of aliphatic hydroxyl groups is 1. The smallest absolute Gasteiger partial charge is 0.339 e. The summed E-state index contributed by atoms with van der Waals surface area (Å²) in [6.07, 6.45) is 2.95. The summed E-state index contributed by atoms with van der Waals surface area (Å²) in [5, 5.41) is 14.2. The first-order chi connectivity index (χ1) is 10.7. The molecule has 1 aromatic rings. The third-order valence-electron chi connectivity index (χ3n) is 3.98. The number of aromatic nitrogens is 3. The van der Waals surface area contributed by atoms with Gasteiger partial charge in [0.1, 0.15) is 6.33 Å². The van der Waals surface area contributed by atoms with Crippen molar-refractivity contribution in [2.75, 3.05) is 7.11 Å². The molecule has 1 aromatic heterocycles. The fourth-order valence-corrected chi connectivity index (χ4v) is 4.24. The fraction of sp³-hybridized carbons (Fsp3) is 0.769. The molecule has 2 atom stereocenters. The maximum absolute atomic E-state index is 12.6. The maximum Gasteiger partial charge on any atom is 0.339 e. The van der Waals surface area contributed by atoms with Crippen LogP contribution in [0.3, 0.4) is 0 Å². The molecule has 0 radical (unpaired) electrons. The lowest BCUT2D eigenvalue weighted by Gasteiger charge is -2.37. The number of carbonyl (C=O) groups excluding carboxylic acids is 1. The van der Waals surface area contributed by atoms with E-state index in [0.29, 0.717) is 19.3 Å². The van der Waals surface area contributed by atoms with Gasteiger partial charge in [0.25, 0.3) is 15.2 Å². The van der Waals surface area contributed by atoms with Crippen molar-refractivity contribution in [2.45, 2.75) is 62.4 Å². The van der Waals surface area contributed by atoms with Crippen LogP contribution in [-0.4, -0.2) is 53.0 Å². The van der Waals surface area contributed by atoms with E-state index in [9.17, 15) is 18.3 Å². The molecule has 1 heterocycles. The molecule has 9 nitrogen and oxygen atoms in total. The van der Waals surface area contributed by atoms with Gasteiger partial charge in [0.05, 0.1) is 13.2 Å². The van der Waals surface area contributed by atoms with Gasteiger partial charge in [-0.2, -0.15) is 5.10 Å². The van der Waals surface area contributed by atoms with Gasteiger partial charge in [-0.15, -0.1) is 0 Å². The zero-order valence-electron chi connectivity index (χ0n) is 13.4. The van der Waals surface area contributed by atoms with Crippen LogP contribution in [0.2, 0.25) is 0 Å². The number of methoxy groups -OCH3 is 1. The van der Waals surface area contributed by atoms with Crippen LogP contribution in [0, 0.1) is 0 Å². The number of rotatable bonds is 5. The monoisotopic (exact) mass is 346 g/mol. The highest BCUT2D eigenvalue weighted by Crippen LogP contribution is 2.30. The van der Waals surface area contributed by atoms with Crippen LogP contribution < -0.4 is 4.72 Å². The summed E-state index contributed by atoms with van der Waals surface area (Å²) < 4.78 is 33.5. The molecule has 0 spiro atoms. The molecule has 0 aliphatic heterocycles. The number of esters is 1. The summed E-state index contributed by atoms with van der Waals surface area (Å²) >= 11 is 0. The van der Waals surface area contributed by atoms with Gasteiger partial charge in [-0.3, -0.25) is 0 Å². The van der Waals surface area contributed by atoms with Crippen LogP contribution in [0.15, 0.2) is 11.5 Å². The largest absolute Gasteiger partial charge is 0.467 e. The zero-order chi connectivity index (χ0) is 17.3. The van der Waals surface area contributed by atoms with Crippen LogP contribution in [-0.2, 0) is 19.6 Å². The third-order valence-corrected chi connectivity index (χ3v) is 5.35. The molecule has 0 aromatic carbocycles. The van der Waals surface area contributed by atoms with Gasteiger partial charge in [-0.25, -0.2) is 27.6 Å². The third kappa shape index (κ3) is 3.38. The standard InChI is InChI=1S/C13H22N4O5S/c1-9(2)17-12(14-8-15-17)23(20,21)16-10-6-4-5-7-13(10,19)11(18)22-3/h8-10,16,19H,4-7H2,1-3H3/t10-,13-/m1/s1. The molecule has 1 saturated carbocycles. The van der Waals surface area contributed by atoms with Gasteiger partial charge >= 0.3 is 5.97 Å². The summed E-state index contributed by atoms with van der Waals surface area (Å²) in [6, 6.07) is -1.17. The highest BCUT2D eigenvalue weighted by atomic mass is 32.2. The second-order valence-electron chi connectivity index (χ2n) is 5.92. The predicted molar refractivity (Wildman–Crippen MR) is 80.0 cm³/mol. The molecule has 0 saturated heterocycles. The van der Waals surface area contributed by atoms with Crippen molar-refractivity contribution in [1.82, 2.24) is 19.5 Å². The highest BCUT2D eigenvalue weighted by molar-refractivity contribution is 7.89. The number of hydrogen-bond donors (Lipinski definition) is 2. The topological polar surface area (TPSA) is 123 Å². The summed E-state index contributed by atoms with van der Waals surface area (Å²) in [7, 11) is -2.87. The van der Waals surface area contributed by atoms with Crippen LogP contribution in [0.25, 0.3) is 0 Å². The van der Waals surface area contributed by atoms with Crippen molar-refractivity contribution in [3.63, 3.8) is 0 Å². The Balaban J connectivity index is 2.31. The van der Waals surface area contributed by atoms with E-state index in [-0.39, 0.29) is 17.6 Å². The molecule has 0 bridgehead atoms. The van der Waals surface area contributed by atoms with E-state index in [1.807, 2.05) is 0 Å². The predicted octanol–water partition coefficient (Wildman–Crippen LogP) is -0.0160. The quantitative estimate of drug-likeness (QED) is 0.718. The van der Waals surface area contributed by atoms with Crippen molar-refractivity contribution in [3.05, 3.63) is 6.33 Å². The molecule has 23 heavy (non-hydrogen) atoms. The molecular formula is C13H22N4O5S. The van der Waals surface area contributed by atoms with Gasteiger partial charge in [0.15, 0.2) is 5.60 Å². The summed E-state index contributed by atoms with van der Waals surface area (Å²) in [5.41, 5.74) is -1.87. The van der Waals surface area contributed by atoms with Crippen molar-refractivity contribution >= 4 is 16.0 Å². The van der Waals surface area contributed by atoms with Crippen molar-refractivity contribution in [1.29, 1.82) is 0 Å². The van der Waals surface area contributed by atoms with E-state index < -0.39 is 27.6 Å². The normalized spacial score (nSPS) is 25.5. The van der Waals surface area contributed by atoms with Crippen LogP contribution in [0.1, 0.15) is 45.6 Å². The SMILES string of the molecule is COC(=O)[C@@]1(O)CCCC[C@H]1NS(=O)(=O)c1ncnn1C(C)C. The van der Waals surface area contributed by atoms with E-state index in [2.05, 4.69) is 19.5 Å². The second-order valence-corrected chi connectivity index (χ2v) is 7.52. The van der Waals surface area contributed by atoms with Crippen molar-refractivity contribution < 1.29 is 23.1 Å². The van der Waals surface area contributed by atoms with Gasteiger partial charge < -0.3 is 9.84 Å². The number of ether oxygens (including phenoxy) is 1. The molecular weight excluding hydrogens is 324 g/mol. The molecule has 2 rings (SSSR count). The second kappa shape index (κ2) is 6.54. The molecule has 1 aliphatic rings. The average Bonchev–Trinajstić information content (AvgIpc) is 2.99. The lowest BCUT2D eigenvalue weighted by molar-refractivity contribution is -0.168. The van der Waals surface area contributed by atoms with E-state index >= 15 is 0 Å². The van der Waals surface area contributed by atoms with E-state index in [0.717, 1.165) is 13.4 Å². The molecule has 1 fully saturated rings. The van der Waals surface area contributed by atoms with Gasteiger partial charge in [0.2, 0.25) is 0 Å². The first-order valence-corrected chi connectivity index (χ1v) is 8.93. The molecule has 1 aliphatic carbocycles. The maximum atomic E-state index is 12.6. The summed E-state index contributed by atoms with van der Waals surface area (Å²) in [6.45, 7) is 3.55. The van der Waals surface area contributed by atoms with E-state index in [1.54, 1.807) is 13.8 Å². The van der Waals surface area contributed by atoms with Crippen molar-refractivity contribution in [2.24, 2.45) is 0 Å². The van der Waals surface area contributed by atoms with Gasteiger partial charge in [-0.1, -0.05) is 6.42 Å². The Kier molecular flexibility index (Phi) is 5.07. The first kappa shape index (κ1) is 17.8. The minimum atomic E-state index is -4.03. The Morgan fingerprint density at radius 2 is 2.22 bits per heavy atom. The summed E-state index contributed by atoms with van der Waals surface area (Å²) in [5.74, 6) is -0.838. The number of nitrogens with one attached hydrogen (secondary N) is 1.